The third kappa shape index (κ3) is 6.34. The first-order chi connectivity index (χ1) is 13.1. The number of rotatable bonds is 8. The topological polar surface area (TPSA) is 51.1 Å². The molecule has 1 aliphatic heterocycles. The van der Waals surface area contributed by atoms with E-state index in [-0.39, 0.29) is 6.61 Å². The molecule has 0 spiro atoms. The summed E-state index contributed by atoms with van der Waals surface area (Å²) >= 11 is 0. The van der Waals surface area contributed by atoms with Crippen molar-refractivity contribution >= 4 is 11.6 Å². The number of nitrogens with zero attached hydrogens (tertiary/aromatic N) is 3. The van der Waals surface area contributed by atoms with E-state index >= 15 is 0 Å². The second kappa shape index (κ2) is 11.1. The Bertz CT molecular complexity index is 598. The Balaban J connectivity index is 1.99. The van der Waals surface area contributed by atoms with Crippen LogP contribution in [-0.4, -0.2) is 61.8 Å². The molecule has 27 heavy (non-hydrogen) atoms. The number of aliphatic hydroxyl groups excluding tert-OH is 1. The molecule has 152 valence electrons. The van der Waals surface area contributed by atoms with E-state index in [9.17, 15) is 13.9 Å². The summed E-state index contributed by atoms with van der Waals surface area (Å²) in [5.74, 6) is 0.429. The molecule has 0 bridgehead atoms. The van der Waals surface area contributed by atoms with Gasteiger partial charge >= 0.3 is 0 Å². The van der Waals surface area contributed by atoms with E-state index in [2.05, 4.69) is 17.1 Å². The van der Waals surface area contributed by atoms with Gasteiger partial charge in [0.1, 0.15) is 11.6 Å². The molecule has 1 heterocycles. The lowest BCUT2D eigenvalue weighted by Crippen LogP contribution is -2.52. The first-order valence-corrected chi connectivity index (χ1v) is 9.93. The van der Waals surface area contributed by atoms with Gasteiger partial charge < -0.3 is 20.2 Å². The number of aliphatic hydroxyl groups is 1. The highest BCUT2D eigenvalue weighted by Gasteiger charge is 2.22. The van der Waals surface area contributed by atoms with Gasteiger partial charge in [-0.3, -0.25) is 4.99 Å². The van der Waals surface area contributed by atoms with Crippen LogP contribution >= 0.6 is 0 Å². The Kier molecular flexibility index (Phi) is 8.78. The average molecular weight is 382 g/mol. The van der Waals surface area contributed by atoms with Gasteiger partial charge in [-0.2, -0.15) is 0 Å². The normalized spacial score (nSPS) is 16.6. The molecule has 1 fully saturated rings. The van der Waals surface area contributed by atoms with Crippen LogP contribution in [0.25, 0.3) is 0 Å². The fourth-order valence-electron chi connectivity index (χ4n) is 3.45. The molecule has 1 aromatic carbocycles. The number of hydrogen-bond acceptors (Lipinski definition) is 3. The van der Waals surface area contributed by atoms with Gasteiger partial charge in [-0.15, -0.1) is 0 Å². The van der Waals surface area contributed by atoms with Crippen molar-refractivity contribution < 1.29 is 13.9 Å². The minimum absolute atomic E-state index is 0.189. The monoisotopic (exact) mass is 382 g/mol. The zero-order chi connectivity index (χ0) is 19.6. The molecule has 0 saturated carbocycles. The minimum Gasteiger partial charge on any atom is -0.396 e. The fourth-order valence-corrected chi connectivity index (χ4v) is 3.45. The van der Waals surface area contributed by atoms with Crippen LogP contribution in [0.5, 0.6) is 0 Å². The van der Waals surface area contributed by atoms with E-state index in [4.69, 9.17) is 4.99 Å². The van der Waals surface area contributed by atoms with Crippen molar-refractivity contribution in [2.45, 2.75) is 33.1 Å². The third-order valence-electron chi connectivity index (χ3n) is 4.90. The van der Waals surface area contributed by atoms with E-state index in [0.717, 1.165) is 37.8 Å². The number of anilines is 1. The number of guanidine groups is 1. The summed E-state index contributed by atoms with van der Waals surface area (Å²) in [5.41, 5.74) is 0.322. The molecule has 2 N–H and O–H groups in total. The van der Waals surface area contributed by atoms with E-state index in [1.807, 2.05) is 11.8 Å². The summed E-state index contributed by atoms with van der Waals surface area (Å²) in [6, 6.07) is 3.58. The zero-order valence-electron chi connectivity index (χ0n) is 16.4. The Labute approximate surface area is 161 Å². The number of halogens is 2. The highest BCUT2D eigenvalue weighted by atomic mass is 19.1. The molecule has 2 rings (SSSR count). The predicted octanol–water partition coefficient (Wildman–Crippen LogP) is 2.85. The van der Waals surface area contributed by atoms with Crippen LogP contribution in [0.3, 0.4) is 0 Å². The molecule has 1 aromatic rings. The number of benzene rings is 1. The summed E-state index contributed by atoms with van der Waals surface area (Å²) in [6.07, 6.45) is 2.90. The van der Waals surface area contributed by atoms with Gasteiger partial charge in [0.2, 0.25) is 0 Å². The van der Waals surface area contributed by atoms with Gasteiger partial charge in [-0.25, -0.2) is 8.78 Å². The van der Waals surface area contributed by atoms with Crippen LogP contribution in [0, 0.1) is 17.6 Å². The molecule has 5 nitrogen and oxygen atoms in total. The van der Waals surface area contributed by atoms with Gasteiger partial charge in [0, 0.05) is 51.9 Å². The number of nitrogens with one attached hydrogen (secondary N) is 1. The van der Waals surface area contributed by atoms with Gasteiger partial charge in [0.15, 0.2) is 5.96 Å². The van der Waals surface area contributed by atoms with E-state index in [1.54, 1.807) is 0 Å². The van der Waals surface area contributed by atoms with Crippen LogP contribution in [-0.2, 0) is 0 Å². The molecular weight excluding hydrogens is 350 g/mol. The summed E-state index contributed by atoms with van der Waals surface area (Å²) in [5, 5.41) is 12.6. The first kappa shape index (κ1) is 21.4. The molecule has 1 unspecified atom stereocenters. The third-order valence-corrected chi connectivity index (χ3v) is 4.90. The van der Waals surface area contributed by atoms with Crippen molar-refractivity contribution in [2.24, 2.45) is 10.9 Å². The van der Waals surface area contributed by atoms with Crippen molar-refractivity contribution in [1.82, 2.24) is 10.2 Å². The van der Waals surface area contributed by atoms with Gasteiger partial charge in [0.25, 0.3) is 0 Å². The molecule has 1 atom stereocenters. The molecule has 0 aliphatic carbocycles. The lowest BCUT2D eigenvalue weighted by molar-refractivity contribution is 0.253. The fraction of sp³-hybridized carbons (Fsp3) is 0.650. The number of aliphatic imine (C=N–C) groups is 1. The molecule has 0 radical (unpaired) electrons. The quantitative estimate of drug-likeness (QED) is 0.536. The Morgan fingerprint density at radius 1 is 1.19 bits per heavy atom. The smallest absolute Gasteiger partial charge is 0.194 e. The number of hydrogen-bond donors (Lipinski definition) is 2. The van der Waals surface area contributed by atoms with Gasteiger partial charge in [0.05, 0.1) is 5.69 Å². The van der Waals surface area contributed by atoms with Crippen LogP contribution in [0.15, 0.2) is 23.2 Å². The van der Waals surface area contributed by atoms with E-state index < -0.39 is 11.6 Å². The molecule has 0 aromatic heterocycles. The minimum atomic E-state index is -0.422. The van der Waals surface area contributed by atoms with Crippen molar-refractivity contribution in [3.63, 3.8) is 0 Å². The number of piperazine rings is 1. The van der Waals surface area contributed by atoms with Crippen molar-refractivity contribution in [3.05, 3.63) is 29.8 Å². The summed E-state index contributed by atoms with van der Waals surface area (Å²) in [4.78, 5) is 8.82. The largest absolute Gasteiger partial charge is 0.396 e. The average Bonchev–Trinajstić information content (AvgIpc) is 2.67. The Morgan fingerprint density at radius 3 is 2.56 bits per heavy atom. The molecular formula is C20H32F2N4O. The molecule has 1 aliphatic rings. The van der Waals surface area contributed by atoms with Crippen LogP contribution in [0.2, 0.25) is 0 Å². The van der Waals surface area contributed by atoms with Crippen LogP contribution < -0.4 is 10.2 Å². The van der Waals surface area contributed by atoms with Crippen LogP contribution in [0.4, 0.5) is 14.5 Å². The van der Waals surface area contributed by atoms with E-state index in [0.29, 0.717) is 44.3 Å². The lowest BCUT2D eigenvalue weighted by Gasteiger charge is -2.38. The van der Waals surface area contributed by atoms with Gasteiger partial charge in [-0.05, 0) is 37.8 Å². The second-order valence-corrected chi connectivity index (χ2v) is 6.93. The second-order valence-electron chi connectivity index (χ2n) is 6.93. The maximum Gasteiger partial charge on any atom is 0.194 e. The van der Waals surface area contributed by atoms with E-state index in [1.165, 1.54) is 12.1 Å². The SMILES string of the molecule is CCCC(CCO)CN=C(NCC)N1CCN(c2cc(F)ccc2F)CC1. The maximum atomic E-state index is 14.0. The lowest BCUT2D eigenvalue weighted by atomic mass is 10.0. The summed E-state index contributed by atoms with van der Waals surface area (Å²) in [6.45, 7) is 8.44. The Morgan fingerprint density at radius 2 is 1.93 bits per heavy atom. The highest BCUT2D eigenvalue weighted by Crippen LogP contribution is 2.22. The zero-order valence-corrected chi connectivity index (χ0v) is 16.4. The predicted molar refractivity (Wildman–Crippen MR) is 106 cm³/mol. The highest BCUT2D eigenvalue weighted by molar-refractivity contribution is 5.80. The van der Waals surface area contributed by atoms with Crippen molar-refractivity contribution in [3.8, 4) is 0 Å². The standard InChI is InChI=1S/C20H32F2N4O/c1-3-5-16(8-13-27)15-24-20(23-4-2)26-11-9-25(10-12-26)19-14-17(21)6-7-18(19)22/h6-7,14,16,27H,3-5,8-13,15H2,1-2H3,(H,23,24). The van der Waals surface area contributed by atoms with Crippen molar-refractivity contribution in [2.75, 3.05) is 50.8 Å². The van der Waals surface area contributed by atoms with Gasteiger partial charge in [-0.1, -0.05) is 13.3 Å². The first-order valence-electron chi connectivity index (χ1n) is 9.93. The molecule has 1 saturated heterocycles. The summed E-state index contributed by atoms with van der Waals surface area (Å²) < 4.78 is 27.5. The maximum absolute atomic E-state index is 14.0. The Hall–Kier alpha value is -1.89. The molecule has 7 heteroatoms. The summed E-state index contributed by atoms with van der Waals surface area (Å²) in [7, 11) is 0. The van der Waals surface area contributed by atoms with Crippen molar-refractivity contribution in [1.29, 1.82) is 0 Å². The molecule has 0 amide bonds. The van der Waals surface area contributed by atoms with Crippen LogP contribution in [0.1, 0.15) is 33.1 Å².